The van der Waals surface area contributed by atoms with Gasteiger partial charge in [-0.1, -0.05) is 29.8 Å². The summed E-state index contributed by atoms with van der Waals surface area (Å²) in [6.07, 6.45) is 2.62. The van der Waals surface area contributed by atoms with Gasteiger partial charge in [0.15, 0.2) is 5.13 Å². The molecule has 2 amide bonds. The minimum atomic E-state index is -0.419. The maximum Gasteiger partial charge on any atom is 0.248 e. The zero-order valence-corrected chi connectivity index (χ0v) is 13.1. The molecule has 1 aliphatic heterocycles. The van der Waals surface area contributed by atoms with Gasteiger partial charge in [0, 0.05) is 24.5 Å². The van der Waals surface area contributed by atoms with Gasteiger partial charge in [0.2, 0.25) is 11.8 Å². The number of rotatable bonds is 4. The van der Waals surface area contributed by atoms with Gasteiger partial charge in [0.25, 0.3) is 0 Å². The molecule has 1 aliphatic rings. The van der Waals surface area contributed by atoms with Gasteiger partial charge < -0.3 is 10.2 Å². The van der Waals surface area contributed by atoms with E-state index in [0.29, 0.717) is 24.5 Å². The van der Waals surface area contributed by atoms with Crippen molar-refractivity contribution in [1.29, 1.82) is 0 Å². The van der Waals surface area contributed by atoms with E-state index in [1.807, 2.05) is 31.2 Å². The average Bonchev–Trinajstić information content (AvgIpc) is 3.12. The van der Waals surface area contributed by atoms with Crippen molar-refractivity contribution in [3.05, 3.63) is 47.0 Å². The Morgan fingerprint density at radius 3 is 2.86 bits per heavy atom. The molecule has 2 aromatic rings. The van der Waals surface area contributed by atoms with Crippen molar-refractivity contribution in [1.82, 2.24) is 9.88 Å². The third kappa shape index (κ3) is 3.17. The average molecular weight is 315 g/mol. The maximum absolute atomic E-state index is 12.4. The Labute approximate surface area is 133 Å². The predicted octanol–water partition coefficient (Wildman–Crippen LogP) is 2.58. The summed E-state index contributed by atoms with van der Waals surface area (Å²) in [5.74, 6) is -0.132. The van der Waals surface area contributed by atoms with Gasteiger partial charge in [0.05, 0.1) is 0 Å². The normalized spacial score (nSPS) is 17.8. The third-order valence-corrected chi connectivity index (χ3v) is 4.46. The Morgan fingerprint density at radius 1 is 1.41 bits per heavy atom. The van der Waals surface area contributed by atoms with E-state index in [-0.39, 0.29) is 11.8 Å². The van der Waals surface area contributed by atoms with Crippen molar-refractivity contribution < 1.29 is 9.59 Å². The van der Waals surface area contributed by atoms with Crippen molar-refractivity contribution in [2.45, 2.75) is 32.4 Å². The predicted molar refractivity (Wildman–Crippen MR) is 85.5 cm³/mol. The summed E-state index contributed by atoms with van der Waals surface area (Å²) in [5.41, 5.74) is 2.21. The summed E-state index contributed by atoms with van der Waals surface area (Å²) >= 11 is 1.37. The molecule has 22 heavy (non-hydrogen) atoms. The molecule has 1 N–H and O–H groups in total. The van der Waals surface area contributed by atoms with Gasteiger partial charge >= 0.3 is 0 Å². The summed E-state index contributed by atoms with van der Waals surface area (Å²) in [4.78, 5) is 30.2. The highest BCUT2D eigenvalue weighted by molar-refractivity contribution is 7.13. The summed E-state index contributed by atoms with van der Waals surface area (Å²) in [5, 5.41) is 5.16. The van der Waals surface area contributed by atoms with Crippen LogP contribution >= 0.6 is 11.3 Å². The molecule has 0 saturated carbocycles. The number of nitrogens with one attached hydrogen (secondary N) is 1. The van der Waals surface area contributed by atoms with E-state index in [0.717, 1.165) is 5.56 Å². The molecule has 1 fully saturated rings. The fraction of sp³-hybridized carbons (Fsp3) is 0.312. The van der Waals surface area contributed by atoms with Crippen molar-refractivity contribution in [2.75, 3.05) is 5.32 Å². The first kappa shape index (κ1) is 14.7. The lowest BCUT2D eigenvalue weighted by molar-refractivity contribution is -0.133. The van der Waals surface area contributed by atoms with Crippen LogP contribution in [-0.2, 0) is 16.1 Å². The molecule has 3 rings (SSSR count). The number of aryl methyl sites for hydroxylation is 1. The van der Waals surface area contributed by atoms with E-state index >= 15 is 0 Å². The molecule has 1 atom stereocenters. The second kappa shape index (κ2) is 6.27. The van der Waals surface area contributed by atoms with Crippen LogP contribution in [0.15, 0.2) is 35.8 Å². The van der Waals surface area contributed by atoms with E-state index in [2.05, 4.69) is 10.3 Å². The third-order valence-electron chi connectivity index (χ3n) is 3.77. The Bertz CT molecular complexity index is 667. The quantitative estimate of drug-likeness (QED) is 0.943. The summed E-state index contributed by atoms with van der Waals surface area (Å²) < 4.78 is 0. The number of anilines is 1. The van der Waals surface area contributed by atoms with Crippen LogP contribution in [0.2, 0.25) is 0 Å². The van der Waals surface area contributed by atoms with Crippen LogP contribution in [0.5, 0.6) is 0 Å². The first-order chi connectivity index (χ1) is 10.6. The summed E-state index contributed by atoms with van der Waals surface area (Å²) in [7, 11) is 0. The first-order valence-corrected chi connectivity index (χ1v) is 8.07. The number of amides is 2. The molecule has 0 spiro atoms. The van der Waals surface area contributed by atoms with Crippen molar-refractivity contribution in [3.63, 3.8) is 0 Å². The Kier molecular flexibility index (Phi) is 4.20. The second-order valence-electron chi connectivity index (χ2n) is 5.39. The molecule has 1 saturated heterocycles. The standard InChI is InChI=1S/C16H17N3O2S/c1-11-2-4-12(5-3-11)10-19-13(6-7-14(19)20)15(21)18-16-17-8-9-22-16/h2-5,8-9,13H,6-7,10H2,1H3,(H,17,18,21). The lowest BCUT2D eigenvalue weighted by Gasteiger charge is -2.23. The lowest BCUT2D eigenvalue weighted by Crippen LogP contribution is -2.41. The number of carbonyl (C=O) groups excluding carboxylic acids is 2. The van der Waals surface area contributed by atoms with E-state index in [1.54, 1.807) is 16.5 Å². The molecular weight excluding hydrogens is 298 g/mol. The zero-order valence-electron chi connectivity index (χ0n) is 12.3. The Hall–Kier alpha value is -2.21. The molecule has 0 aliphatic carbocycles. The van der Waals surface area contributed by atoms with Crippen LogP contribution in [0.1, 0.15) is 24.0 Å². The number of nitrogens with zero attached hydrogens (tertiary/aromatic N) is 2. The summed E-state index contributed by atoms with van der Waals surface area (Å²) in [6, 6.07) is 7.60. The minimum absolute atomic E-state index is 0.0277. The molecule has 1 aromatic heterocycles. The highest BCUT2D eigenvalue weighted by atomic mass is 32.1. The van der Waals surface area contributed by atoms with Gasteiger partial charge in [-0.15, -0.1) is 11.3 Å². The number of hydrogen-bond donors (Lipinski definition) is 1. The van der Waals surface area contributed by atoms with Gasteiger partial charge in [-0.2, -0.15) is 0 Å². The van der Waals surface area contributed by atoms with Crippen molar-refractivity contribution >= 4 is 28.3 Å². The number of benzene rings is 1. The van der Waals surface area contributed by atoms with E-state index < -0.39 is 6.04 Å². The minimum Gasteiger partial charge on any atom is -0.326 e. The Balaban J connectivity index is 1.71. The number of aromatic nitrogens is 1. The molecule has 1 unspecified atom stereocenters. The van der Waals surface area contributed by atoms with Crippen LogP contribution < -0.4 is 5.32 Å². The fourth-order valence-electron chi connectivity index (χ4n) is 2.57. The molecule has 5 nitrogen and oxygen atoms in total. The first-order valence-electron chi connectivity index (χ1n) is 7.19. The smallest absolute Gasteiger partial charge is 0.248 e. The van der Waals surface area contributed by atoms with Crippen LogP contribution in [0.25, 0.3) is 0 Å². The van der Waals surface area contributed by atoms with Gasteiger partial charge in [0.1, 0.15) is 6.04 Å². The number of thiazole rings is 1. The number of likely N-dealkylation sites (tertiary alicyclic amines) is 1. The molecule has 0 bridgehead atoms. The Morgan fingerprint density at radius 2 is 2.18 bits per heavy atom. The highest BCUT2D eigenvalue weighted by Gasteiger charge is 2.36. The fourth-order valence-corrected chi connectivity index (χ4v) is 3.10. The van der Waals surface area contributed by atoms with Gasteiger partial charge in [-0.05, 0) is 18.9 Å². The van der Waals surface area contributed by atoms with Crippen molar-refractivity contribution in [2.24, 2.45) is 0 Å². The van der Waals surface area contributed by atoms with Crippen LogP contribution in [0, 0.1) is 6.92 Å². The SMILES string of the molecule is Cc1ccc(CN2C(=O)CCC2C(=O)Nc2nccs2)cc1. The summed E-state index contributed by atoms with van der Waals surface area (Å²) in [6.45, 7) is 2.49. The topological polar surface area (TPSA) is 62.3 Å². The number of carbonyl (C=O) groups is 2. The largest absolute Gasteiger partial charge is 0.326 e. The molecule has 2 heterocycles. The highest BCUT2D eigenvalue weighted by Crippen LogP contribution is 2.23. The van der Waals surface area contributed by atoms with Gasteiger partial charge in [-0.3, -0.25) is 9.59 Å². The monoisotopic (exact) mass is 315 g/mol. The van der Waals surface area contributed by atoms with E-state index in [1.165, 1.54) is 16.9 Å². The molecule has 6 heteroatoms. The van der Waals surface area contributed by atoms with Crippen LogP contribution in [-0.4, -0.2) is 27.7 Å². The maximum atomic E-state index is 12.4. The van der Waals surface area contributed by atoms with Gasteiger partial charge in [-0.25, -0.2) is 4.98 Å². The lowest BCUT2D eigenvalue weighted by atomic mass is 10.1. The van der Waals surface area contributed by atoms with E-state index in [4.69, 9.17) is 0 Å². The zero-order chi connectivity index (χ0) is 15.5. The van der Waals surface area contributed by atoms with E-state index in [9.17, 15) is 9.59 Å². The van der Waals surface area contributed by atoms with Crippen LogP contribution in [0.4, 0.5) is 5.13 Å². The molecule has 1 aromatic carbocycles. The number of hydrogen-bond acceptors (Lipinski definition) is 4. The van der Waals surface area contributed by atoms with Crippen LogP contribution in [0.3, 0.4) is 0 Å². The molecule has 0 radical (unpaired) electrons. The molecular formula is C16H17N3O2S. The molecule has 114 valence electrons. The second-order valence-corrected chi connectivity index (χ2v) is 6.28. The van der Waals surface area contributed by atoms with Crippen molar-refractivity contribution in [3.8, 4) is 0 Å².